The Morgan fingerprint density at radius 3 is 2.64 bits per heavy atom. The zero-order chi connectivity index (χ0) is 10.8. The van der Waals surface area contributed by atoms with Gasteiger partial charge in [0, 0.05) is 12.7 Å². The number of hydrogen-bond acceptors (Lipinski definition) is 3. The predicted octanol–water partition coefficient (Wildman–Crippen LogP) is 0.221. The van der Waals surface area contributed by atoms with E-state index in [2.05, 4.69) is 5.10 Å². The van der Waals surface area contributed by atoms with Crippen LogP contribution in [0.3, 0.4) is 0 Å². The Labute approximate surface area is 78.1 Å². The number of aliphatic hydroxyl groups excluding tert-OH is 1. The highest BCUT2D eigenvalue weighted by Crippen LogP contribution is 2.28. The summed E-state index contributed by atoms with van der Waals surface area (Å²) < 4.78 is 37.3. The Hall–Kier alpha value is -1.08. The van der Waals surface area contributed by atoms with Crippen LogP contribution in [0.4, 0.5) is 13.2 Å². The highest BCUT2D eigenvalue weighted by atomic mass is 19.4. The molecule has 1 unspecified atom stereocenters. The van der Waals surface area contributed by atoms with Crippen molar-refractivity contribution in [2.75, 3.05) is 6.54 Å². The van der Waals surface area contributed by atoms with Crippen LogP contribution in [-0.4, -0.2) is 27.5 Å². The van der Waals surface area contributed by atoms with Crippen molar-refractivity contribution >= 4 is 0 Å². The highest BCUT2D eigenvalue weighted by Gasteiger charge is 2.32. The standard InChI is InChI=1S/C7H10F3N3O/c8-7(9,10)5-2-12-13(3-5)4-6(14)1-11/h2-3,6,14H,1,4,11H2. The number of nitrogens with zero attached hydrogens (tertiary/aromatic N) is 2. The van der Waals surface area contributed by atoms with E-state index in [0.29, 0.717) is 6.20 Å². The van der Waals surface area contributed by atoms with E-state index in [9.17, 15) is 13.2 Å². The van der Waals surface area contributed by atoms with E-state index in [1.165, 1.54) is 0 Å². The molecule has 0 aromatic carbocycles. The normalized spacial score (nSPS) is 14.4. The first-order valence-corrected chi connectivity index (χ1v) is 3.91. The number of aromatic nitrogens is 2. The lowest BCUT2D eigenvalue weighted by Crippen LogP contribution is -2.25. The fourth-order valence-electron chi connectivity index (χ4n) is 0.900. The lowest BCUT2D eigenvalue weighted by Gasteiger charge is -2.06. The number of rotatable bonds is 3. The maximum atomic E-state index is 12.1. The topological polar surface area (TPSA) is 64.1 Å². The third-order valence-corrected chi connectivity index (χ3v) is 1.63. The predicted molar refractivity (Wildman–Crippen MR) is 42.3 cm³/mol. The number of nitrogens with two attached hydrogens (primary N) is 1. The second-order valence-corrected chi connectivity index (χ2v) is 2.84. The maximum absolute atomic E-state index is 12.1. The third kappa shape index (κ3) is 2.71. The fourth-order valence-corrected chi connectivity index (χ4v) is 0.900. The van der Waals surface area contributed by atoms with Gasteiger partial charge in [-0.3, -0.25) is 4.68 Å². The van der Waals surface area contributed by atoms with Crippen LogP contribution in [0, 0.1) is 0 Å². The molecule has 0 aliphatic heterocycles. The molecule has 1 heterocycles. The van der Waals surface area contributed by atoms with E-state index < -0.39 is 17.8 Å². The monoisotopic (exact) mass is 209 g/mol. The van der Waals surface area contributed by atoms with Crippen LogP contribution in [0.1, 0.15) is 5.56 Å². The molecule has 3 N–H and O–H groups in total. The molecule has 1 atom stereocenters. The Morgan fingerprint density at radius 1 is 1.57 bits per heavy atom. The van der Waals surface area contributed by atoms with Gasteiger partial charge in [0.1, 0.15) is 0 Å². The molecular weight excluding hydrogens is 199 g/mol. The van der Waals surface area contributed by atoms with Crippen LogP contribution in [0.2, 0.25) is 0 Å². The minimum atomic E-state index is -4.40. The molecule has 0 amide bonds. The van der Waals surface area contributed by atoms with Gasteiger partial charge in [0.25, 0.3) is 0 Å². The Balaban J connectivity index is 2.69. The zero-order valence-electron chi connectivity index (χ0n) is 7.20. The Kier molecular flexibility index (Phi) is 3.12. The summed E-state index contributed by atoms with van der Waals surface area (Å²) in [5.41, 5.74) is 4.27. The van der Waals surface area contributed by atoms with Crippen LogP contribution >= 0.6 is 0 Å². The lowest BCUT2D eigenvalue weighted by molar-refractivity contribution is -0.137. The van der Waals surface area contributed by atoms with Gasteiger partial charge in [-0.15, -0.1) is 0 Å². The summed E-state index contributed by atoms with van der Waals surface area (Å²) in [5, 5.41) is 12.5. The third-order valence-electron chi connectivity index (χ3n) is 1.63. The number of halogens is 3. The van der Waals surface area contributed by atoms with Crippen molar-refractivity contribution in [1.82, 2.24) is 9.78 Å². The van der Waals surface area contributed by atoms with Crippen molar-refractivity contribution in [2.45, 2.75) is 18.8 Å². The summed E-state index contributed by atoms with van der Waals surface area (Å²) in [4.78, 5) is 0. The van der Waals surface area contributed by atoms with Gasteiger partial charge in [0.05, 0.1) is 24.4 Å². The molecule has 0 bridgehead atoms. The summed E-state index contributed by atoms with van der Waals surface area (Å²) in [6, 6.07) is 0. The van der Waals surface area contributed by atoms with E-state index in [-0.39, 0.29) is 13.1 Å². The lowest BCUT2D eigenvalue weighted by atomic mass is 10.3. The van der Waals surface area contributed by atoms with Crippen molar-refractivity contribution in [2.24, 2.45) is 5.73 Å². The van der Waals surface area contributed by atoms with Gasteiger partial charge in [0.2, 0.25) is 0 Å². The fraction of sp³-hybridized carbons (Fsp3) is 0.571. The van der Waals surface area contributed by atoms with Crippen molar-refractivity contribution in [1.29, 1.82) is 0 Å². The largest absolute Gasteiger partial charge is 0.419 e. The van der Waals surface area contributed by atoms with E-state index >= 15 is 0 Å². The van der Waals surface area contributed by atoms with Crippen LogP contribution in [0.5, 0.6) is 0 Å². The Bertz CT molecular complexity index is 297. The van der Waals surface area contributed by atoms with Crippen molar-refractivity contribution in [3.8, 4) is 0 Å². The minimum absolute atomic E-state index is 0.0127. The molecule has 0 saturated heterocycles. The molecular formula is C7H10F3N3O. The first kappa shape index (κ1) is 11.0. The van der Waals surface area contributed by atoms with Crippen LogP contribution < -0.4 is 5.73 Å². The molecule has 4 nitrogen and oxygen atoms in total. The van der Waals surface area contributed by atoms with Gasteiger partial charge in [-0.1, -0.05) is 0 Å². The van der Waals surface area contributed by atoms with Gasteiger partial charge in [-0.25, -0.2) is 0 Å². The van der Waals surface area contributed by atoms with E-state index in [4.69, 9.17) is 10.8 Å². The average molecular weight is 209 g/mol. The SMILES string of the molecule is NCC(O)Cn1cc(C(F)(F)F)cn1. The molecule has 0 spiro atoms. The zero-order valence-corrected chi connectivity index (χ0v) is 7.20. The van der Waals surface area contributed by atoms with E-state index in [0.717, 1.165) is 10.9 Å². The van der Waals surface area contributed by atoms with E-state index in [1.807, 2.05) is 0 Å². The number of hydrogen-bond donors (Lipinski definition) is 2. The van der Waals surface area contributed by atoms with E-state index in [1.54, 1.807) is 0 Å². The smallest absolute Gasteiger partial charge is 0.390 e. The van der Waals surface area contributed by atoms with Crippen molar-refractivity contribution < 1.29 is 18.3 Å². The average Bonchev–Trinajstić information content (AvgIpc) is 2.51. The summed E-state index contributed by atoms with van der Waals surface area (Å²) >= 11 is 0. The number of aliphatic hydroxyl groups is 1. The summed E-state index contributed by atoms with van der Waals surface area (Å²) in [6.07, 6.45) is -3.73. The molecule has 1 aromatic rings. The summed E-state index contributed by atoms with van der Waals surface area (Å²) in [7, 11) is 0. The van der Waals surface area contributed by atoms with Gasteiger partial charge in [0.15, 0.2) is 0 Å². The quantitative estimate of drug-likeness (QED) is 0.748. The molecule has 0 aliphatic carbocycles. The van der Waals surface area contributed by atoms with Gasteiger partial charge in [-0.2, -0.15) is 18.3 Å². The maximum Gasteiger partial charge on any atom is 0.419 e. The molecule has 80 valence electrons. The van der Waals surface area contributed by atoms with Gasteiger partial charge >= 0.3 is 6.18 Å². The molecule has 14 heavy (non-hydrogen) atoms. The molecule has 1 rings (SSSR count). The minimum Gasteiger partial charge on any atom is -0.390 e. The molecule has 0 aliphatic rings. The summed E-state index contributed by atoms with van der Waals surface area (Å²) in [5.74, 6) is 0. The van der Waals surface area contributed by atoms with Crippen LogP contribution in [-0.2, 0) is 12.7 Å². The van der Waals surface area contributed by atoms with Crippen LogP contribution in [0.25, 0.3) is 0 Å². The molecule has 7 heteroatoms. The van der Waals surface area contributed by atoms with Crippen LogP contribution in [0.15, 0.2) is 12.4 Å². The Morgan fingerprint density at radius 2 is 2.21 bits per heavy atom. The second-order valence-electron chi connectivity index (χ2n) is 2.84. The molecule has 0 radical (unpaired) electrons. The first-order chi connectivity index (χ1) is 6.43. The molecule has 0 fully saturated rings. The second kappa shape index (κ2) is 3.97. The highest BCUT2D eigenvalue weighted by molar-refractivity contribution is 5.08. The van der Waals surface area contributed by atoms with Gasteiger partial charge < -0.3 is 10.8 Å². The molecule has 1 aromatic heterocycles. The summed E-state index contributed by atoms with van der Waals surface area (Å²) in [6.45, 7) is -0.0478. The molecule has 0 saturated carbocycles. The van der Waals surface area contributed by atoms with Gasteiger partial charge in [-0.05, 0) is 0 Å². The first-order valence-electron chi connectivity index (χ1n) is 3.91. The van der Waals surface area contributed by atoms with Crippen molar-refractivity contribution in [3.05, 3.63) is 18.0 Å². The van der Waals surface area contributed by atoms with Crippen molar-refractivity contribution in [3.63, 3.8) is 0 Å². The number of alkyl halides is 3.